The number of thiophene rings is 1. The van der Waals surface area contributed by atoms with Crippen LogP contribution in [0.2, 0.25) is 5.02 Å². The summed E-state index contributed by atoms with van der Waals surface area (Å²) in [6, 6.07) is 14.8. The van der Waals surface area contributed by atoms with Crippen molar-refractivity contribution in [1.82, 2.24) is 0 Å². The van der Waals surface area contributed by atoms with Crippen molar-refractivity contribution >= 4 is 33.0 Å². The van der Waals surface area contributed by atoms with Crippen molar-refractivity contribution in [2.75, 3.05) is 0 Å². The maximum atomic E-state index is 10.3. The zero-order valence-corrected chi connectivity index (χ0v) is 16.6. The van der Waals surface area contributed by atoms with Crippen LogP contribution in [0.25, 0.3) is 10.1 Å². The van der Waals surface area contributed by atoms with Crippen LogP contribution < -0.4 is 0 Å². The van der Waals surface area contributed by atoms with E-state index in [-0.39, 0.29) is 6.10 Å². The van der Waals surface area contributed by atoms with Crippen LogP contribution in [0, 0.1) is 0 Å². The molecule has 0 aliphatic carbocycles. The molecule has 1 spiro atoms. The van der Waals surface area contributed by atoms with Gasteiger partial charge in [-0.25, -0.2) is 0 Å². The number of aliphatic hydroxyl groups excluding tert-OH is 1. The van der Waals surface area contributed by atoms with E-state index in [1.165, 1.54) is 15.0 Å². The Bertz CT molecular complexity index is 969. The summed E-state index contributed by atoms with van der Waals surface area (Å²) in [5.41, 5.74) is 3.15. The predicted octanol–water partition coefficient (Wildman–Crippen LogP) is 5.39. The normalized spacial score (nSPS) is 27.4. The molecule has 3 aromatic rings. The van der Waals surface area contributed by atoms with Crippen LogP contribution in [-0.4, -0.2) is 17.3 Å². The summed E-state index contributed by atoms with van der Waals surface area (Å²) in [4.78, 5) is 1.28. The molecule has 0 bridgehead atoms. The highest BCUT2D eigenvalue weighted by Gasteiger charge is 2.47. The lowest BCUT2D eigenvalue weighted by Crippen LogP contribution is -2.43. The minimum atomic E-state index is -0.841. The average Bonchev–Trinajstić information content (AvgIpc) is 3.16. The molecule has 0 radical (unpaired) electrons. The Kier molecular flexibility index (Phi) is 4.30. The molecule has 1 aromatic heterocycles. The predicted molar refractivity (Wildman–Crippen MR) is 108 cm³/mol. The monoisotopic (exact) mass is 400 g/mol. The van der Waals surface area contributed by atoms with Gasteiger partial charge in [0.25, 0.3) is 0 Å². The molecule has 2 aliphatic rings. The fourth-order valence-electron chi connectivity index (χ4n) is 4.32. The molecule has 1 saturated heterocycles. The molecule has 140 valence electrons. The van der Waals surface area contributed by atoms with Gasteiger partial charge in [0.2, 0.25) is 0 Å². The van der Waals surface area contributed by atoms with E-state index in [1.807, 2.05) is 13.0 Å². The van der Waals surface area contributed by atoms with Crippen LogP contribution >= 0.6 is 22.9 Å². The van der Waals surface area contributed by atoms with Crippen molar-refractivity contribution in [3.8, 4) is 0 Å². The Morgan fingerprint density at radius 1 is 1.26 bits per heavy atom. The number of benzene rings is 2. The molecular formula is C22H21ClO3S. The standard InChI is InChI=1S/C22H21ClO3S/c1-13-6-17(24)11-22(26-13)19-9-15(20(23)10-16(19)12-25-22)8-18-7-14-4-2-3-5-21(14)27-18/h2-5,7,9-10,13,17,24H,6,8,11-12H2,1H3/t13?,17?,22-/m1/s1. The van der Waals surface area contributed by atoms with E-state index in [0.29, 0.717) is 19.4 Å². The van der Waals surface area contributed by atoms with Crippen LogP contribution in [0.15, 0.2) is 42.5 Å². The lowest BCUT2D eigenvalue weighted by Gasteiger charge is -2.39. The van der Waals surface area contributed by atoms with E-state index < -0.39 is 11.9 Å². The lowest BCUT2D eigenvalue weighted by molar-refractivity contribution is -0.295. The maximum Gasteiger partial charge on any atom is 0.198 e. The van der Waals surface area contributed by atoms with Crippen molar-refractivity contribution in [3.63, 3.8) is 0 Å². The van der Waals surface area contributed by atoms with Crippen molar-refractivity contribution in [2.45, 2.75) is 50.8 Å². The maximum absolute atomic E-state index is 10.3. The smallest absolute Gasteiger partial charge is 0.198 e. The Labute approximate surface area is 167 Å². The van der Waals surface area contributed by atoms with Gasteiger partial charge in [0.1, 0.15) is 0 Å². The van der Waals surface area contributed by atoms with Crippen LogP contribution in [0.1, 0.15) is 41.3 Å². The minimum Gasteiger partial charge on any atom is -0.393 e. The van der Waals surface area contributed by atoms with Gasteiger partial charge < -0.3 is 14.6 Å². The average molecular weight is 401 g/mol. The van der Waals surface area contributed by atoms with Gasteiger partial charge in [-0.3, -0.25) is 0 Å². The summed E-state index contributed by atoms with van der Waals surface area (Å²) in [6.07, 6.45) is 1.43. The topological polar surface area (TPSA) is 38.7 Å². The molecule has 1 fully saturated rings. The van der Waals surface area contributed by atoms with Gasteiger partial charge in [-0.2, -0.15) is 0 Å². The van der Waals surface area contributed by atoms with Gasteiger partial charge >= 0.3 is 0 Å². The van der Waals surface area contributed by atoms with E-state index in [9.17, 15) is 5.11 Å². The van der Waals surface area contributed by atoms with Crippen LogP contribution in [-0.2, 0) is 28.3 Å². The quantitative estimate of drug-likeness (QED) is 0.626. The minimum absolute atomic E-state index is 0.0403. The first-order valence-electron chi connectivity index (χ1n) is 9.31. The number of hydrogen-bond acceptors (Lipinski definition) is 4. The molecular weight excluding hydrogens is 380 g/mol. The van der Waals surface area contributed by atoms with Crippen LogP contribution in [0.3, 0.4) is 0 Å². The highest BCUT2D eigenvalue weighted by atomic mass is 35.5. The van der Waals surface area contributed by atoms with E-state index in [0.717, 1.165) is 28.1 Å². The molecule has 5 heteroatoms. The Balaban J connectivity index is 1.52. The summed E-state index contributed by atoms with van der Waals surface area (Å²) in [5, 5.41) is 12.3. The van der Waals surface area contributed by atoms with Crippen molar-refractivity contribution < 1.29 is 14.6 Å². The van der Waals surface area contributed by atoms with E-state index in [2.05, 4.69) is 36.4 Å². The fraction of sp³-hybridized carbons (Fsp3) is 0.364. The van der Waals surface area contributed by atoms with Gasteiger partial charge in [0, 0.05) is 33.0 Å². The van der Waals surface area contributed by atoms with Crippen LogP contribution in [0.5, 0.6) is 0 Å². The van der Waals surface area contributed by atoms with E-state index in [1.54, 1.807) is 11.3 Å². The first-order chi connectivity index (χ1) is 13.0. The molecule has 3 atom stereocenters. The van der Waals surface area contributed by atoms with Gasteiger partial charge in [0.05, 0.1) is 18.8 Å². The molecule has 2 aromatic carbocycles. The molecule has 3 nitrogen and oxygen atoms in total. The molecule has 1 N–H and O–H groups in total. The number of halogens is 1. The number of aliphatic hydroxyl groups is 1. The summed E-state index contributed by atoms with van der Waals surface area (Å²) in [6.45, 7) is 2.46. The van der Waals surface area contributed by atoms with Gasteiger partial charge in [-0.15, -0.1) is 11.3 Å². The highest BCUT2D eigenvalue weighted by molar-refractivity contribution is 7.19. The van der Waals surface area contributed by atoms with Crippen molar-refractivity contribution in [2.24, 2.45) is 0 Å². The SMILES string of the molecule is CC1CC(O)C[C@@]2(OCc3cc(Cl)c(Cc4cc5ccccc5s4)cc32)O1. The third-order valence-electron chi connectivity index (χ3n) is 5.48. The third-order valence-corrected chi connectivity index (χ3v) is 6.95. The molecule has 3 heterocycles. The second-order valence-corrected chi connectivity index (χ2v) is 9.17. The Morgan fingerprint density at radius 2 is 2.11 bits per heavy atom. The molecule has 2 aliphatic heterocycles. The Hall–Kier alpha value is -1.43. The van der Waals surface area contributed by atoms with Crippen molar-refractivity contribution in [1.29, 1.82) is 0 Å². The first-order valence-corrected chi connectivity index (χ1v) is 10.5. The van der Waals surface area contributed by atoms with E-state index >= 15 is 0 Å². The summed E-state index contributed by atoms with van der Waals surface area (Å²) in [5.74, 6) is -0.841. The number of hydrogen-bond donors (Lipinski definition) is 1. The molecule has 2 unspecified atom stereocenters. The Morgan fingerprint density at radius 3 is 2.93 bits per heavy atom. The molecule has 0 amide bonds. The van der Waals surface area contributed by atoms with E-state index in [4.69, 9.17) is 21.1 Å². The second kappa shape index (κ2) is 6.57. The zero-order chi connectivity index (χ0) is 18.6. The summed E-state index contributed by atoms with van der Waals surface area (Å²) in [7, 11) is 0. The zero-order valence-electron chi connectivity index (χ0n) is 15.1. The van der Waals surface area contributed by atoms with Gasteiger partial charge in [0.15, 0.2) is 5.79 Å². The molecule has 27 heavy (non-hydrogen) atoms. The second-order valence-electron chi connectivity index (χ2n) is 7.59. The lowest BCUT2D eigenvalue weighted by atomic mass is 9.90. The third kappa shape index (κ3) is 3.10. The largest absolute Gasteiger partial charge is 0.393 e. The number of fused-ring (bicyclic) bond motifs is 3. The highest BCUT2D eigenvalue weighted by Crippen LogP contribution is 2.47. The number of rotatable bonds is 2. The van der Waals surface area contributed by atoms with Gasteiger partial charge in [-0.1, -0.05) is 29.8 Å². The van der Waals surface area contributed by atoms with Crippen LogP contribution in [0.4, 0.5) is 0 Å². The fourth-order valence-corrected chi connectivity index (χ4v) is 5.66. The number of ether oxygens (including phenoxy) is 2. The molecule has 0 saturated carbocycles. The summed E-state index contributed by atoms with van der Waals surface area (Å²) >= 11 is 8.40. The van der Waals surface area contributed by atoms with Crippen molar-refractivity contribution in [3.05, 3.63) is 69.1 Å². The van der Waals surface area contributed by atoms with Gasteiger partial charge in [-0.05, 0) is 54.1 Å². The first kappa shape index (κ1) is 17.7. The summed E-state index contributed by atoms with van der Waals surface area (Å²) < 4.78 is 13.6. The molecule has 5 rings (SSSR count).